The van der Waals surface area contributed by atoms with Crippen molar-refractivity contribution in [2.75, 3.05) is 11.1 Å². The van der Waals surface area contributed by atoms with E-state index in [-0.39, 0.29) is 11.7 Å². The van der Waals surface area contributed by atoms with E-state index in [0.29, 0.717) is 17.1 Å². The van der Waals surface area contributed by atoms with Gasteiger partial charge in [0.25, 0.3) is 5.91 Å². The Morgan fingerprint density at radius 3 is 2.76 bits per heavy atom. The van der Waals surface area contributed by atoms with Crippen molar-refractivity contribution in [2.45, 2.75) is 13.8 Å². The molecule has 0 aliphatic carbocycles. The number of rotatable bonds is 2. The van der Waals surface area contributed by atoms with Crippen LogP contribution >= 0.6 is 0 Å². The number of nitrogens with one attached hydrogen (secondary N) is 1. The molecular weight excluding hydrogens is 266 g/mol. The first-order valence-electron chi connectivity index (χ1n) is 6.57. The van der Waals surface area contributed by atoms with Gasteiger partial charge in [-0.3, -0.25) is 4.79 Å². The van der Waals surface area contributed by atoms with E-state index in [1.165, 1.54) is 0 Å². The number of furan rings is 1. The fourth-order valence-electron chi connectivity index (χ4n) is 2.26. The van der Waals surface area contributed by atoms with E-state index in [1.54, 1.807) is 24.3 Å². The van der Waals surface area contributed by atoms with Crippen LogP contribution < -0.4 is 11.1 Å². The SMILES string of the molecule is Cc1cc(C)nc(NC(=O)c2cc3cc(N)ccc3o2)c1. The molecule has 3 N–H and O–H groups in total. The zero-order chi connectivity index (χ0) is 15.0. The van der Waals surface area contributed by atoms with Gasteiger partial charge in [-0.15, -0.1) is 0 Å². The Hall–Kier alpha value is -2.82. The van der Waals surface area contributed by atoms with Crippen molar-refractivity contribution >= 4 is 28.4 Å². The number of carbonyl (C=O) groups is 1. The van der Waals surface area contributed by atoms with Crippen molar-refractivity contribution < 1.29 is 9.21 Å². The van der Waals surface area contributed by atoms with Gasteiger partial charge in [0, 0.05) is 16.8 Å². The number of benzene rings is 1. The monoisotopic (exact) mass is 281 g/mol. The molecule has 5 heteroatoms. The van der Waals surface area contributed by atoms with E-state index < -0.39 is 0 Å². The zero-order valence-electron chi connectivity index (χ0n) is 11.8. The summed E-state index contributed by atoms with van der Waals surface area (Å²) in [5.74, 6) is 0.413. The number of hydrogen-bond acceptors (Lipinski definition) is 4. The van der Waals surface area contributed by atoms with E-state index in [0.717, 1.165) is 16.6 Å². The number of pyridine rings is 1. The van der Waals surface area contributed by atoms with Gasteiger partial charge in [-0.1, -0.05) is 0 Å². The fraction of sp³-hybridized carbons (Fsp3) is 0.125. The molecule has 0 saturated carbocycles. The number of nitrogens with two attached hydrogens (primary N) is 1. The fourth-order valence-corrected chi connectivity index (χ4v) is 2.26. The highest BCUT2D eigenvalue weighted by Crippen LogP contribution is 2.22. The van der Waals surface area contributed by atoms with Crippen LogP contribution in [-0.2, 0) is 0 Å². The molecule has 0 saturated heterocycles. The van der Waals surface area contributed by atoms with Crippen LogP contribution in [0.4, 0.5) is 11.5 Å². The van der Waals surface area contributed by atoms with Crippen LogP contribution in [0.25, 0.3) is 11.0 Å². The minimum atomic E-state index is -0.331. The third-order valence-electron chi connectivity index (χ3n) is 3.10. The van der Waals surface area contributed by atoms with Crippen LogP contribution in [0.1, 0.15) is 21.8 Å². The summed E-state index contributed by atoms with van der Waals surface area (Å²) in [4.78, 5) is 16.5. The molecule has 0 fully saturated rings. The van der Waals surface area contributed by atoms with Crippen molar-refractivity contribution in [1.29, 1.82) is 0 Å². The Morgan fingerprint density at radius 1 is 1.19 bits per heavy atom. The third-order valence-corrected chi connectivity index (χ3v) is 3.10. The van der Waals surface area contributed by atoms with E-state index in [1.807, 2.05) is 26.0 Å². The second kappa shape index (κ2) is 4.94. The summed E-state index contributed by atoms with van der Waals surface area (Å²) in [6, 6.07) is 10.7. The number of aryl methyl sites for hydroxylation is 2. The van der Waals surface area contributed by atoms with Crippen LogP contribution in [0, 0.1) is 13.8 Å². The predicted molar refractivity (Wildman–Crippen MR) is 82.3 cm³/mol. The molecule has 0 spiro atoms. The van der Waals surface area contributed by atoms with Crippen molar-refractivity contribution in [3.8, 4) is 0 Å². The van der Waals surface area contributed by atoms with Gasteiger partial charge in [-0.05, 0) is 55.8 Å². The highest BCUT2D eigenvalue weighted by molar-refractivity contribution is 6.04. The summed E-state index contributed by atoms with van der Waals surface area (Å²) in [7, 11) is 0. The lowest BCUT2D eigenvalue weighted by Crippen LogP contribution is -2.12. The summed E-state index contributed by atoms with van der Waals surface area (Å²) in [5, 5.41) is 3.54. The minimum Gasteiger partial charge on any atom is -0.451 e. The zero-order valence-corrected chi connectivity index (χ0v) is 11.8. The van der Waals surface area contributed by atoms with Crippen LogP contribution in [0.3, 0.4) is 0 Å². The van der Waals surface area contributed by atoms with E-state index in [4.69, 9.17) is 10.2 Å². The van der Waals surface area contributed by atoms with E-state index in [9.17, 15) is 4.79 Å². The molecule has 2 aromatic heterocycles. The quantitative estimate of drug-likeness (QED) is 0.706. The Balaban J connectivity index is 1.89. The first-order valence-corrected chi connectivity index (χ1v) is 6.57. The number of nitrogen functional groups attached to an aromatic ring is 1. The first kappa shape index (κ1) is 13.2. The number of nitrogens with zero attached hydrogens (tertiary/aromatic N) is 1. The lowest BCUT2D eigenvalue weighted by Gasteiger charge is -2.04. The summed E-state index contributed by atoms with van der Waals surface area (Å²) in [6.07, 6.45) is 0. The summed E-state index contributed by atoms with van der Waals surface area (Å²) in [6.45, 7) is 3.83. The Morgan fingerprint density at radius 2 is 2.00 bits per heavy atom. The molecule has 0 aliphatic rings. The summed E-state index contributed by atoms with van der Waals surface area (Å²) < 4.78 is 5.52. The molecule has 0 unspecified atom stereocenters. The van der Waals surface area contributed by atoms with Gasteiger partial charge in [0.05, 0.1) is 0 Å². The normalized spacial score (nSPS) is 10.8. The maximum absolute atomic E-state index is 12.2. The van der Waals surface area contributed by atoms with E-state index >= 15 is 0 Å². The number of fused-ring (bicyclic) bond motifs is 1. The molecule has 5 nitrogen and oxygen atoms in total. The van der Waals surface area contributed by atoms with Gasteiger partial charge in [-0.2, -0.15) is 0 Å². The smallest absolute Gasteiger partial charge is 0.292 e. The molecule has 0 aliphatic heterocycles. The second-order valence-electron chi connectivity index (χ2n) is 5.03. The summed E-state index contributed by atoms with van der Waals surface area (Å²) >= 11 is 0. The number of amides is 1. The number of aromatic nitrogens is 1. The van der Waals surface area contributed by atoms with Crippen LogP contribution in [0.5, 0.6) is 0 Å². The highest BCUT2D eigenvalue weighted by atomic mass is 16.3. The van der Waals surface area contributed by atoms with Gasteiger partial charge < -0.3 is 15.5 Å². The third kappa shape index (κ3) is 2.72. The molecule has 1 aromatic carbocycles. The lowest BCUT2D eigenvalue weighted by molar-refractivity contribution is 0.0998. The molecule has 0 atom stereocenters. The lowest BCUT2D eigenvalue weighted by atomic mass is 10.2. The van der Waals surface area contributed by atoms with Gasteiger partial charge in [0.1, 0.15) is 11.4 Å². The Labute approximate surface area is 121 Å². The predicted octanol–water partition coefficient (Wildman–Crippen LogP) is 3.28. The van der Waals surface area contributed by atoms with Crippen molar-refractivity contribution in [1.82, 2.24) is 4.98 Å². The van der Waals surface area contributed by atoms with E-state index in [2.05, 4.69) is 10.3 Å². The Bertz CT molecular complexity index is 816. The highest BCUT2D eigenvalue weighted by Gasteiger charge is 2.13. The van der Waals surface area contributed by atoms with Crippen LogP contribution in [-0.4, -0.2) is 10.9 Å². The molecular formula is C16H15N3O2. The van der Waals surface area contributed by atoms with Gasteiger partial charge in [-0.25, -0.2) is 4.98 Å². The maximum atomic E-state index is 12.2. The number of hydrogen-bond donors (Lipinski definition) is 2. The average Bonchev–Trinajstić information content (AvgIpc) is 2.80. The minimum absolute atomic E-state index is 0.233. The van der Waals surface area contributed by atoms with Crippen LogP contribution in [0.2, 0.25) is 0 Å². The van der Waals surface area contributed by atoms with Crippen molar-refractivity contribution in [2.24, 2.45) is 0 Å². The molecule has 21 heavy (non-hydrogen) atoms. The van der Waals surface area contributed by atoms with Gasteiger partial charge in [0.2, 0.25) is 0 Å². The van der Waals surface area contributed by atoms with Crippen LogP contribution in [0.15, 0.2) is 40.8 Å². The molecule has 0 radical (unpaired) electrons. The van der Waals surface area contributed by atoms with Gasteiger partial charge in [0.15, 0.2) is 5.76 Å². The standard InChI is InChI=1S/C16H15N3O2/c1-9-5-10(2)18-15(6-9)19-16(20)14-8-11-7-12(17)3-4-13(11)21-14/h3-8H,17H2,1-2H3,(H,18,19,20). The molecule has 3 aromatic rings. The maximum Gasteiger partial charge on any atom is 0.292 e. The average molecular weight is 281 g/mol. The second-order valence-corrected chi connectivity index (χ2v) is 5.03. The van der Waals surface area contributed by atoms with Crippen molar-refractivity contribution in [3.05, 3.63) is 53.4 Å². The topological polar surface area (TPSA) is 81.2 Å². The largest absolute Gasteiger partial charge is 0.451 e. The summed E-state index contributed by atoms with van der Waals surface area (Å²) in [5.41, 5.74) is 8.86. The number of anilines is 2. The molecule has 106 valence electrons. The molecule has 1 amide bonds. The molecule has 3 rings (SSSR count). The molecule has 2 heterocycles. The number of carbonyl (C=O) groups excluding carboxylic acids is 1. The van der Waals surface area contributed by atoms with Gasteiger partial charge >= 0.3 is 0 Å². The van der Waals surface area contributed by atoms with Crippen molar-refractivity contribution in [3.63, 3.8) is 0 Å². The Kier molecular flexibility index (Phi) is 3.10. The molecule has 0 bridgehead atoms. The first-order chi connectivity index (χ1) is 10.0.